The van der Waals surface area contributed by atoms with Crippen molar-refractivity contribution in [2.75, 3.05) is 4.72 Å². The fourth-order valence-electron chi connectivity index (χ4n) is 2.55. The van der Waals surface area contributed by atoms with Crippen molar-refractivity contribution in [2.45, 2.75) is 30.1 Å². The lowest BCUT2D eigenvalue weighted by Crippen LogP contribution is -2.11. The second-order valence-corrected chi connectivity index (χ2v) is 6.80. The first-order chi connectivity index (χ1) is 10.1. The van der Waals surface area contributed by atoms with Gasteiger partial charge in [0, 0.05) is 5.41 Å². The first kappa shape index (κ1) is 14.1. The van der Waals surface area contributed by atoms with Crippen LogP contribution in [0.5, 0.6) is 0 Å². The summed E-state index contributed by atoms with van der Waals surface area (Å²) in [6.45, 7) is 5.98. The number of benzene rings is 2. The Morgan fingerprint density at radius 1 is 1.14 bits per heavy atom. The Labute approximate surface area is 128 Å². The molecule has 2 aromatic rings. The highest BCUT2D eigenvalue weighted by Gasteiger charge is 2.42. The maximum atomic E-state index is 12.5. The molecule has 1 N–H and O–H groups in total. The van der Waals surface area contributed by atoms with E-state index in [1.807, 2.05) is 55.5 Å². The number of para-hydroxylation sites is 1. The number of nitrogens with one attached hydrogen (secondary N) is 1. The molecule has 0 amide bonds. The SMILES string of the molecule is C=CC1(c2ccccc2NS(=O)c2ccc(C)cc2)CC1. The fourth-order valence-corrected chi connectivity index (χ4v) is 3.42. The molecule has 1 saturated carbocycles. The van der Waals surface area contributed by atoms with Crippen LogP contribution < -0.4 is 4.72 Å². The summed E-state index contributed by atoms with van der Waals surface area (Å²) >= 11 is 0. The molecule has 108 valence electrons. The molecule has 2 nitrogen and oxygen atoms in total. The van der Waals surface area contributed by atoms with E-state index in [4.69, 9.17) is 0 Å². The molecular weight excluding hydrogens is 278 g/mol. The maximum absolute atomic E-state index is 12.5. The number of anilines is 1. The van der Waals surface area contributed by atoms with E-state index in [0.29, 0.717) is 0 Å². The zero-order valence-electron chi connectivity index (χ0n) is 12.1. The van der Waals surface area contributed by atoms with Gasteiger partial charge in [0.15, 0.2) is 0 Å². The Morgan fingerprint density at radius 2 is 1.81 bits per heavy atom. The van der Waals surface area contributed by atoms with E-state index >= 15 is 0 Å². The molecule has 1 aliphatic rings. The van der Waals surface area contributed by atoms with Crippen molar-refractivity contribution < 1.29 is 4.21 Å². The third-order valence-corrected chi connectivity index (χ3v) is 5.19. The van der Waals surface area contributed by atoms with E-state index in [1.165, 1.54) is 11.1 Å². The Bertz CT molecular complexity index is 687. The highest BCUT2D eigenvalue weighted by Crippen LogP contribution is 2.51. The first-order valence-corrected chi connectivity index (χ1v) is 8.28. The third kappa shape index (κ3) is 2.79. The van der Waals surface area contributed by atoms with Gasteiger partial charge in [0.05, 0.1) is 10.6 Å². The molecule has 1 atom stereocenters. The van der Waals surface area contributed by atoms with Crippen LogP contribution in [-0.4, -0.2) is 4.21 Å². The van der Waals surface area contributed by atoms with Crippen LogP contribution in [0.4, 0.5) is 5.69 Å². The van der Waals surface area contributed by atoms with Crippen molar-refractivity contribution in [1.29, 1.82) is 0 Å². The number of allylic oxidation sites excluding steroid dienone is 1. The Kier molecular flexibility index (Phi) is 3.68. The summed E-state index contributed by atoms with van der Waals surface area (Å²) in [5, 5.41) is 0. The van der Waals surface area contributed by atoms with Crippen LogP contribution in [-0.2, 0) is 16.4 Å². The second kappa shape index (κ2) is 5.49. The molecule has 21 heavy (non-hydrogen) atoms. The van der Waals surface area contributed by atoms with Crippen LogP contribution in [0.15, 0.2) is 66.1 Å². The minimum Gasteiger partial charge on any atom is -0.301 e. The zero-order chi connectivity index (χ0) is 14.9. The van der Waals surface area contributed by atoms with Gasteiger partial charge in [-0.3, -0.25) is 0 Å². The average Bonchev–Trinajstić information content (AvgIpc) is 3.29. The molecule has 3 heteroatoms. The van der Waals surface area contributed by atoms with Gasteiger partial charge < -0.3 is 4.72 Å². The number of hydrogen-bond acceptors (Lipinski definition) is 1. The molecule has 1 aliphatic carbocycles. The monoisotopic (exact) mass is 297 g/mol. The molecule has 3 rings (SSSR count). The molecular formula is C18H19NOS. The van der Waals surface area contributed by atoms with Gasteiger partial charge in [-0.05, 0) is 43.5 Å². The Morgan fingerprint density at radius 3 is 2.43 bits per heavy atom. The largest absolute Gasteiger partial charge is 0.301 e. The standard InChI is InChI=1S/C18H19NOS/c1-3-18(12-13-18)16-6-4-5-7-17(16)19-21(20)15-10-8-14(2)9-11-15/h3-11,19H,1,12-13H2,2H3. The van der Waals surface area contributed by atoms with Gasteiger partial charge in [0.1, 0.15) is 11.0 Å². The number of rotatable bonds is 5. The predicted molar refractivity (Wildman–Crippen MR) is 88.8 cm³/mol. The smallest absolute Gasteiger partial charge is 0.150 e. The maximum Gasteiger partial charge on any atom is 0.150 e. The minimum absolute atomic E-state index is 0.0705. The molecule has 1 fully saturated rings. The lowest BCUT2D eigenvalue weighted by molar-refractivity contribution is 0.686. The van der Waals surface area contributed by atoms with E-state index in [0.717, 1.165) is 23.4 Å². The third-order valence-electron chi connectivity index (χ3n) is 4.08. The number of hydrogen-bond donors (Lipinski definition) is 1. The molecule has 0 aromatic heterocycles. The molecule has 1 unspecified atom stereocenters. The quantitative estimate of drug-likeness (QED) is 0.817. The van der Waals surface area contributed by atoms with Crippen molar-refractivity contribution in [3.63, 3.8) is 0 Å². The Balaban J connectivity index is 1.87. The van der Waals surface area contributed by atoms with E-state index in [-0.39, 0.29) is 5.41 Å². The van der Waals surface area contributed by atoms with Crippen LogP contribution >= 0.6 is 0 Å². The van der Waals surface area contributed by atoms with E-state index in [1.54, 1.807) is 0 Å². The summed E-state index contributed by atoms with van der Waals surface area (Å²) in [6.07, 6.45) is 4.25. The Hall–Kier alpha value is -1.87. The first-order valence-electron chi connectivity index (χ1n) is 7.13. The summed E-state index contributed by atoms with van der Waals surface area (Å²) < 4.78 is 15.6. The van der Waals surface area contributed by atoms with Crippen molar-refractivity contribution in [3.8, 4) is 0 Å². The van der Waals surface area contributed by atoms with Gasteiger partial charge in [0.2, 0.25) is 0 Å². The molecule has 0 saturated heterocycles. The molecule has 0 aliphatic heterocycles. The van der Waals surface area contributed by atoms with E-state index < -0.39 is 11.0 Å². The van der Waals surface area contributed by atoms with Crippen LogP contribution in [0.3, 0.4) is 0 Å². The molecule has 0 heterocycles. The van der Waals surface area contributed by atoms with Crippen LogP contribution in [0, 0.1) is 6.92 Å². The minimum atomic E-state index is -1.25. The highest BCUT2D eigenvalue weighted by molar-refractivity contribution is 7.86. The van der Waals surface area contributed by atoms with Crippen LogP contribution in [0.2, 0.25) is 0 Å². The molecule has 2 aromatic carbocycles. The van der Waals surface area contributed by atoms with Gasteiger partial charge in [-0.2, -0.15) is 0 Å². The lowest BCUT2D eigenvalue weighted by atomic mass is 9.95. The van der Waals surface area contributed by atoms with Gasteiger partial charge in [-0.15, -0.1) is 6.58 Å². The van der Waals surface area contributed by atoms with Gasteiger partial charge in [-0.1, -0.05) is 42.0 Å². The normalized spacial score (nSPS) is 17.0. The molecule has 0 spiro atoms. The van der Waals surface area contributed by atoms with Crippen LogP contribution in [0.1, 0.15) is 24.0 Å². The lowest BCUT2D eigenvalue weighted by Gasteiger charge is -2.16. The van der Waals surface area contributed by atoms with Crippen LogP contribution in [0.25, 0.3) is 0 Å². The number of aryl methyl sites for hydroxylation is 1. The van der Waals surface area contributed by atoms with Crippen molar-refractivity contribution in [3.05, 3.63) is 72.3 Å². The molecule has 0 radical (unpaired) electrons. The molecule has 0 bridgehead atoms. The van der Waals surface area contributed by atoms with E-state index in [2.05, 4.69) is 17.4 Å². The van der Waals surface area contributed by atoms with Crippen molar-refractivity contribution in [1.82, 2.24) is 0 Å². The fraction of sp³-hybridized carbons (Fsp3) is 0.222. The topological polar surface area (TPSA) is 29.1 Å². The summed E-state index contributed by atoms with van der Waals surface area (Å²) in [7, 11) is -1.25. The zero-order valence-corrected chi connectivity index (χ0v) is 13.0. The van der Waals surface area contributed by atoms with Crippen molar-refractivity contribution >= 4 is 16.7 Å². The average molecular weight is 297 g/mol. The second-order valence-electron chi connectivity index (χ2n) is 5.59. The van der Waals surface area contributed by atoms with E-state index in [9.17, 15) is 4.21 Å². The summed E-state index contributed by atoms with van der Waals surface area (Å²) in [5.74, 6) is 0. The highest BCUT2D eigenvalue weighted by atomic mass is 32.2. The summed E-state index contributed by atoms with van der Waals surface area (Å²) in [5.41, 5.74) is 3.37. The summed E-state index contributed by atoms with van der Waals surface area (Å²) in [6, 6.07) is 15.9. The van der Waals surface area contributed by atoms with Gasteiger partial charge in [0.25, 0.3) is 0 Å². The van der Waals surface area contributed by atoms with Crippen molar-refractivity contribution in [2.24, 2.45) is 0 Å². The van der Waals surface area contributed by atoms with Gasteiger partial charge >= 0.3 is 0 Å². The summed E-state index contributed by atoms with van der Waals surface area (Å²) in [4.78, 5) is 0.791. The predicted octanol–water partition coefficient (Wildman–Crippen LogP) is 4.35. The van der Waals surface area contributed by atoms with Gasteiger partial charge in [-0.25, -0.2) is 4.21 Å².